The summed E-state index contributed by atoms with van der Waals surface area (Å²) in [4.78, 5) is 28.7. The van der Waals surface area contributed by atoms with Gasteiger partial charge < -0.3 is 15.0 Å². The van der Waals surface area contributed by atoms with Gasteiger partial charge in [0.1, 0.15) is 11.8 Å². The molecule has 0 bridgehead atoms. The Labute approximate surface area is 252 Å². The van der Waals surface area contributed by atoms with Crippen LogP contribution in [0.25, 0.3) is 0 Å². The Morgan fingerprint density at radius 3 is 2.34 bits per heavy atom. The van der Waals surface area contributed by atoms with Crippen LogP contribution in [-0.2, 0) is 32.6 Å². The van der Waals surface area contributed by atoms with Crippen molar-refractivity contribution in [2.24, 2.45) is 0 Å². The number of halogens is 2. The van der Waals surface area contributed by atoms with Gasteiger partial charge in [0.05, 0.1) is 24.1 Å². The number of hydrogen-bond acceptors (Lipinski definition) is 5. The first-order valence-electron chi connectivity index (χ1n) is 13.2. The molecule has 0 heterocycles. The van der Waals surface area contributed by atoms with Crippen LogP contribution in [0.4, 0.5) is 5.69 Å². The number of carbonyl (C=O) groups excluding carboxylic acids is 2. The molecule has 3 rings (SSSR count). The lowest BCUT2D eigenvalue weighted by atomic mass is 10.0. The molecular weight excluding hydrogens is 585 g/mol. The number of amides is 2. The van der Waals surface area contributed by atoms with Gasteiger partial charge in [0.15, 0.2) is 0 Å². The first-order valence-corrected chi connectivity index (χ1v) is 15.8. The maximum absolute atomic E-state index is 13.8. The summed E-state index contributed by atoms with van der Waals surface area (Å²) in [5, 5.41) is 3.43. The predicted molar refractivity (Wildman–Crippen MR) is 164 cm³/mol. The fourth-order valence-electron chi connectivity index (χ4n) is 4.47. The van der Waals surface area contributed by atoms with Gasteiger partial charge >= 0.3 is 0 Å². The molecule has 0 saturated carbocycles. The number of carbonyl (C=O) groups is 2. The lowest BCUT2D eigenvalue weighted by molar-refractivity contribution is -0.141. The molecular formula is C30H35Cl2N3O5S. The molecule has 0 fully saturated rings. The Bertz CT molecular complexity index is 1440. The van der Waals surface area contributed by atoms with Crippen molar-refractivity contribution in [3.8, 4) is 5.75 Å². The molecule has 3 aromatic rings. The third-order valence-corrected chi connectivity index (χ3v) is 8.17. The second-order valence-electron chi connectivity index (χ2n) is 9.51. The number of methoxy groups -OCH3 is 1. The van der Waals surface area contributed by atoms with Crippen LogP contribution in [0, 0.1) is 0 Å². The van der Waals surface area contributed by atoms with E-state index in [4.69, 9.17) is 27.9 Å². The zero-order chi connectivity index (χ0) is 30.0. The minimum atomic E-state index is -3.72. The van der Waals surface area contributed by atoms with Crippen LogP contribution in [0.3, 0.4) is 0 Å². The molecule has 220 valence electrons. The minimum Gasteiger partial charge on any atom is -0.497 e. The van der Waals surface area contributed by atoms with E-state index in [0.717, 1.165) is 21.7 Å². The van der Waals surface area contributed by atoms with E-state index in [1.165, 1.54) is 12.1 Å². The minimum absolute atomic E-state index is 0.00112. The Kier molecular flexibility index (Phi) is 11.9. The molecule has 0 aliphatic rings. The summed E-state index contributed by atoms with van der Waals surface area (Å²) < 4.78 is 31.8. The topological polar surface area (TPSA) is 96.0 Å². The molecule has 1 N–H and O–H groups in total. The molecule has 0 radical (unpaired) electrons. The zero-order valence-electron chi connectivity index (χ0n) is 23.3. The summed E-state index contributed by atoms with van der Waals surface area (Å²) in [5.74, 6) is 0.0800. The normalized spacial score (nSPS) is 11.9. The first-order chi connectivity index (χ1) is 19.5. The van der Waals surface area contributed by atoms with E-state index in [1.807, 2.05) is 61.5 Å². The molecule has 8 nitrogen and oxygen atoms in total. The van der Waals surface area contributed by atoms with Crippen LogP contribution < -0.4 is 14.4 Å². The lowest BCUT2D eigenvalue weighted by Crippen LogP contribution is -2.50. The van der Waals surface area contributed by atoms with Crippen LogP contribution >= 0.6 is 23.2 Å². The second-order valence-corrected chi connectivity index (χ2v) is 12.3. The van der Waals surface area contributed by atoms with Crippen molar-refractivity contribution in [1.29, 1.82) is 0 Å². The van der Waals surface area contributed by atoms with Crippen LogP contribution in [0.15, 0.2) is 72.8 Å². The first kappa shape index (κ1) is 32.2. The maximum Gasteiger partial charge on any atom is 0.243 e. The molecule has 0 aliphatic carbocycles. The molecule has 0 spiro atoms. The summed E-state index contributed by atoms with van der Waals surface area (Å²) in [6.07, 6.45) is 1.58. The van der Waals surface area contributed by atoms with Crippen molar-refractivity contribution in [2.45, 2.75) is 38.8 Å². The van der Waals surface area contributed by atoms with Crippen molar-refractivity contribution in [1.82, 2.24) is 10.2 Å². The van der Waals surface area contributed by atoms with E-state index in [0.29, 0.717) is 23.7 Å². The van der Waals surface area contributed by atoms with E-state index in [-0.39, 0.29) is 48.5 Å². The molecule has 0 unspecified atom stereocenters. The van der Waals surface area contributed by atoms with E-state index in [2.05, 4.69) is 5.32 Å². The molecule has 0 saturated heterocycles. The van der Waals surface area contributed by atoms with Gasteiger partial charge in [-0.25, -0.2) is 8.42 Å². The standard InChI is InChI=1S/C30H35Cl2N3O5S/c1-4-33-30(37)28(19-22-10-6-5-7-11-22)34(21-23-12-8-13-25(18-23)40-2)29(36)14-9-17-35(41(3,38)39)27-20-24(31)15-16-26(27)32/h5-8,10-13,15-16,18,20,28H,4,9,14,17,19,21H2,1-3H3,(H,33,37)/t28-/m0/s1. The van der Waals surface area contributed by atoms with Crippen molar-refractivity contribution >= 4 is 50.7 Å². The van der Waals surface area contributed by atoms with E-state index >= 15 is 0 Å². The van der Waals surface area contributed by atoms with E-state index in [1.54, 1.807) is 18.1 Å². The predicted octanol–water partition coefficient (Wildman–Crippen LogP) is 5.32. The third-order valence-electron chi connectivity index (χ3n) is 6.44. The van der Waals surface area contributed by atoms with Gasteiger partial charge in [-0.1, -0.05) is 65.7 Å². The number of sulfonamides is 1. The third kappa shape index (κ3) is 9.38. The fraction of sp³-hybridized carbons (Fsp3) is 0.333. The van der Waals surface area contributed by atoms with Crippen LogP contribution in [0.1, 0.15) is 30.9 Å². The number of rotatable bonds is 14. The summed E-state index contributed by atoms with van der Waals surface area (Å²) in [7, 11) is -2.16. The average molecular weight is 621 g/mol. The number of nitrogens with one attached hydrogen (secondary N) is 1. The summed E-state index contributed by atoms with van der Waals surface area (Å²) in [6.45, 7) is 2.41. The van der Waals surface area contributed by atoms with Crippen molar-refractivity contribution in [3.05, 3.63) is 94.0 Å². The van der Waals surface area contributed by atoms with Gasteiger partial charge in [0.2, 0.25) is 21.8 Å². The molecule has 0 aliphatic heterocycles. The van der Waals surface area contributed by atoms with Crippen LogP contribution in [0.2, 0.25) is 10.0 Å². The van der Waals surface area contributed by atoms with E-state index < -0.39 is 16.1 Å². The van der Waals surface area contributed by atoms with Gasteiger partial charge in [-0.3, -0.25) is 13.9 Å². The maximum atomic E-state index is 13.8. The fourth-order valence-corrected chi connectivity index (χ4v) is 5.88. The summed E-state index contributed by atoms with van der Waals surface area (Å²) in [6, 6.07) is 20.6. The molecule has 0 aromatic heterocycles. The Hall–Kier alpha value is -3.27. The number of likely N-dealkylation sites (N-methyl/N-ethyl adjacent to an activating group) is 1. The van der Waals surface area contributed by atoms with Crippen LogP contribution in [-0.4, -0.2) is 57.6 Å². The molecule has 3 aromatic carbocycles. The van der Waals surface area contributed by atoms with Crippen LogP contribution in [0.5, 0.6) is 5.75 Å². The number of nitrogens with zero attached hydrogens (tertiary/aromatic N) is 2. The molecule has 41 heavy (non-hydrogen) atoms. The smallest absolute Gasteiger partial charge is 0.243 e. The van der Waals surface area contributed by atoms with Gasteiger partial charge in [0, 0.05) is 37.5 Å². The second kappa shape index (κ2) is 15.1. The highest BCUT2D eigenvalue weighted by Gasteiger charge is 2.30. The summed E-state index contributed by atoms with van der Waals surface area (Å²) >= 11 is 12.4. The summed E-state index contributed by atoms with van der Waals surface area (Å²) in [5.41, 5.74) is 1.95. The molecule has 1 atom stereocenters. The van der Waals surface area contributed by atoms with Crippen molar-refractivity contribution in [3.63, 3.8) is 0 Å². The van der Waals surface area contributed by atoms with Gasteiger partial charge in [0.25, 0.3) is 0 Å². The number of benzene rings is 3. The van der Waals surface area contributed by atoms with Gasteiger partial charge in [-0.2, -0.15) is 0 Å². The SMILES string of the molecule is CCNC(=O)[C@H](Cc1ccccc1)N(Cc1cccc(OC)c1)C(=O)CCCN(c1cc(Cl)ccc1Cl)S(C)(=O)=O. The Balaban J connectivity index is 1.90. The number of ether oxygens (including phenoxy) is 1. The monoisotopic (exact) mass is 619 g/mol. The highest BCUT2D eigenvalue weighted by atomic mass is 35.5. The van der Waals surface area contributed by atoms with Crippen molar-refractivity contribution < 1.29 is 22.7 Å². The Morgan fingerprint density at radius 1 is 0.976 bits per heavy atom. The average Bonchev–Trinajstić information content (AvgIpc) is 2.94. The highest BCUT2D eigenvalue weighted by Crippen LogP contribution is 2.31. The number of anilines is 1. The van der Waals surface area contributed by atoms with Gasteiger partial charge in [-0.15, -0.1) is 0 Å². The largest absolute Gasteiger partial charge is 0.497 e. The lowest BCUT2D eigenvalue weighted by Gasteiger charge is -2.32. The highest BCUT2D eigenvalue weighted by molar-refractivity contribution is 7.92. The Morgan fingerprint density at radius 2 is 1.68 bits per heavy atom. The number of hydrogen-bond donors (Lipinski definition) is 1. The van der Waals surface area contributed by atoms with Crippen molar-refractivity contribution in [2.75, 3.05) is 30.8 Å². The quantitative estimate of drug-likeness (QED) is 0.263. The van der Waals surface area contributed by atoms with E-state index in [9.17, 15) is 18.0 Å². The molecule has 11 heteroatoms. The molecule has 2 amide bonds. The zero-order valence-corrected chi connectivity index (χ0v) is 25.7. The van der Waals surface area contributed by atoms with Gasteiger partial charge in [-0.05, 0) is 54.8 Å².